The van der Waals surface area contributed by atoms with E-state index >= 15 is 0 Å². The van der Waals surface area contributed by atoms with Crippen molar-refractivity contribution in [1.29, 1.82) is 0 Å². The lowest BCUT2D eigenvalue weighted by Gasteiger charge is -2.36. The summed E-state index contributed by atoms with van der Waals surface area (Å²) in [6, 6.07) is 7.58. The minimum atomic E-state index is -0.545. The molecule has 1 atom stereocenters. The van der Waals surface area contributed by atoms with Crippen LogP contribution in [0.3, 0.4) is 0 Å². The van der Waals surface area contributed by atoms with E-state index in [-0.39, 0.29) is 29.8 Å². The molecular formula is C24H30N8O3. The van der Waals surface area contributed by atoms with E-state index < -0.39 is 6.03 Å². The number of aliphatic hydroxyl groups excluding tert-OH is 1. The van der Waals surface area contributed by atoms with E-state index in [0.717, 1.165) is 12.8 Å². The van der Waals surface area contributed by atoms with E-state index in [0.29, 0.717) is 36.0 Å². The Morgan fingerprint density at radius 3 is 2.63 bits per heavy atom. The number of hydrogen-bond acceptors (Lipinski definition) is 7. The molecule has 1 aliphatic rings. The summed E-state index contributed by atoms with van der Waals surface area (Å²) in [6.45, 7) is 7.62. The average molecular weight is 479 g/mol. The summed E-state index contributed by atoms with van der Waals surface area (Å²) >= 11 is 0. The van der Waals surface area contributed by atoms with Crippen molar-refractivity contribution in [1.82, 2.24) is 29.6 Å². The fourth-order valence-electron chi connectivity index (χ4n) is 3.86. The molecule has 3 aromatic heterocycles. The zero-order valence-electron chi connectivity index (χ0n) is 20.1. The Morgan fingerprint density at radius 2 is 1.89 bits per heavy atom. The van der Waals surface area contributed by atoms with Gasteiger partial charge in [-0.3, -0.25) is 15.4 Å². The number of pyridine rings is 2. The smallest absolute Gasteiger partial charge is 0.326 e. The summed E-state index contributed by atoms with van der Waals surface area (Å²) < 4.78 is 1.71. The van der Waals surface area contributed by atoms with Gasteiger partial charge < -0.3 is 14.6 Å². The Morgan fingerprint density at radius 1 is 1.14 bits per heavy atom. The fourth-order valence-corrected chi connectivity index (χ4v) is 3.86. The maximum Gasteiger partial charge on any atom is 0.326 e. The van der Waals surface area contributed by atoms with Gasteiger partial charge in [0.05, 0.1) is 12.6 Å². The van der Waals surface area contributed by atoms with Crippen LogP contribution in [-0.2, 0) is 0 Å². The number of aliphatic hydroxyl groups is 1. The predicted molar refractivity (Wildman–Crippen MR) is 131 cm³/mol. The molecule has 0 radical (unpaired) electrons. The molecule has 0 aliphatic carbocycles. The first-order valence-electron chi connectivity index (χ1n) is 11.6. The minimum Gasteiger partial charge on any atom is -0.394 e. The topological polar surface area (TPSA) is 138 Å². The van der Waals surface area contributed by atoms with Crippen LogP contribution in [-0.4, -0.2) is 66.4 Å². The Labute approximate surface area is 203 Å². The zero-order chi connectivity index (χ0) is 25.0. The molecule has 1 fully saturated rings. The van der Waals surface area contributed by atoms with Gasteiger partial charge in [-0.05, 0) is 49.4 Å². The number of aromatic nitrogens is 5. The van der Waals surface area contributed by atoms with Gasteiger partial charge in [0.1, 0.15) is 23.7 Å². The predicted octanol–water partition coefficient (Wildman–Crippen LogP) is 3.19. The Balaban J connectivity index is 1.41. The summed E-state index contributed by atoms with van der Waals surface area (Å²) in [5, 5.41) is 22.8. The Bertz CT molecular complexity index is 1200. The molecule has 3 amide bonds. The zero-order valence-corrected chi connectivity index (χ0v) is 20.1. The number of nitrogens with one attached hydrogen (secondary N) is 2. The second kappa shape index (κ2) is 10.2. The number of anilines is 2. The first-order valence-corrected chi connectivity index (χ1v) is 11.6. The largest absolute Gasteiger partial charge is 0.394 e. The van der Waals surface area contributed by atoms with Crippen molar-refractivity contribution >= 4 is 23.6 Å². The van der Waals surface area contributed by atoms with Crippen molar-refractivity contribution in [3.05, 3.63) is 48.4 Å². The lowest BCUT2D eigenvalue weighted by molar-refractivity contribution is 0.0630. The van der Waals surface area contributed by atoms with Crippen LogP contribution in [0.1, 0.15) is 50.0 Å². The van der Waals surface area contributed by atoms with Crippen LogP contribution in [0.4, 0.5) is 16.4 Å². The van der Waals surface area contributed by atoms with Gasteiger partial charge in [-0.25, -0.2) is 14.8 Å². The monoisotopic (exact) mass is 478 g/mol. The first kappa shape index (κ1) is 24.3. The number of likely N-dealkylation sites (tertiary alicyclic amines) is 1. The van der Waals surface area contributed by atoms with Gasteiger partial charge in [-0.15, -0.1) is 10.2 Å². The third kappa shape index (κ3) is 5.80. The number of amides is 3. The molecule has 3 N–H and O–H groups in total. The van der Waals surface area contributed by atoms with Gasteiger partial charge >= 0.3 is 6.03 Å². The van der Waals surface area contributed by atoms with Gasteiger partial charge in [-0.2, -0.15) is 0 Å². The van der Waals surface area contributed by atoms with Gasteiger partial charge in [0.15, 0.2) is 5.82 Å². The third-order valence-corrected chi connectivity index (χ3v) is 6.18. The van der Waals surface area contributed by atoms with E-state index in [9.17, 15) is 14.7 Å². The van der Waals surface area contributed by atoms with Crippen LogP contribution < -0.4 is 10.6 Å². The number of carbonyl (C=O) groups excluding carboxylic acids is 2. The van der Waals surface area contributed by atoms with Crippen molar-refractivity contribution in [3.63, 3.8) is 0 Å². The van der Waals surface area contributed by atoms with Crippen LogP contribution >= 0.6 is 0 Å². The summed E-state index contributed by atoms with van der Waals surface area (Å²) in [5.41, 5.74) is 1.22. The highest BCUT2D eigenvalue weighted by molar-refractivity contribution is 6.00. The average Bonchev–Trinajstić information content (AvgIpc) is 3.33. The SMILES string of the molecule is C[C@H](CO)n1cnnc1-c1cccc(NC(=O)Nc2cc(C(=O)N3CCC(C)(C)CC3)ccn2)n1. The molecule has 0 bridgehead atoms. The van der Waals surface area contributed by atoms with Gasteiger partial charge in [0.2, 0.25) is 0 Å². The summed E-state index contributed by atoms with van der Waals surface area (Å²) in [5.74, 6) is 0.972. The van der Waals surface area contributed by atoms with Crippen LogP contribution in [0.15, 0.2) is 42.9 Å². The van der Waals surface area contributed by atoms with Gasteiger partial charge in [-0.1, -0.05) is 19.9 Å². The Kier molecular flexibility index (Phi) is 7.06. The number of hydrogen-bond donors (Lipinski definition) is 3. The molecule has 184 valence electrons. The summed E-state index contributed by atoms with van der Waals surface area (Å²) in [6.07, 6.45) is 4.94. The molecule has 1 saturated heterocycles. The van der Waals surface area contributed by atoms with E-state index in [2.05, 4.69) is 44.6 Å². The van der Waals surface area contributed by atoms with Crippen LogP contribution in [0.25, 0.3) is 11.5 Å². The Hall–Kier alpha value is -3.86. The maximum atomic E-state index is 12.9. The molecule has 4 rings (SSSR count). The molecule has 0 unspecified atom stereocenters. The highest BCUT2D eigenvalue weighted by Crippen LogP contribution is 2.30. The lowest BCUT2D eigenvalue weighted by atomic mass is 9.82. The quantitative estimate of drug-likeness (QED) is 0.494. The van der Waals surface area contributed by atoms with Crippen molar-refractivity contribution in [2.75, 3.05) is 30.3 Å². The van der Waals surface area contributed by atoms with Crippen molar-refractivity contribution < 1.29 is 14.7 Å². The van der Waals surface area contributed by atoms with Crippen molar-refractivity contribution in [3.8, 4) is 11.5 Å². The van der Waals surface area contributed by atoms with E-state index in [4.69, 9.17) is 0 Å². The molecule has 3 aromatic rings. The fraction of sp³-hybridized carbons (Fsp3) is 0.417. The standard InChI is InChI=1S/C24H30N8O3/c1-16(14-33)32-15-26-30-21(32)18-5-4-6-19(27-18)28-23(35)29-20-13-17(7-10-25-20)22(34)31-11-8-24(2,3)9-12-31/h4-7,10,13,15-16,33H,8-9,11-12,14H2,1-3H3,(H2,25,27,28,29,35)/t16-/m1/s1. The van der Waals surface area contributed by atoms with Crippen LogP contribution in [0.5, 0.6) is 0 Å². The third-order valence-electron chi connectivity index (χ3n) is 6.18. The molecular weight excluding hydrogens is 448 g/mol. The van der Waals surface area contributed by atoms with Crippen molar-refractivity contribution in [2.24, 2.45) is 5.41 Å². The highest BCUT2D eigenvalue weighted by atomic mass is 16.3. The highest BCUT2D eigenvalue weighted by Gasteiger charge is 2.28. The number of urea groups is 1. The number of nitrogens with zero attached hydrogens (tertiary/aromatic N) is 6. The first-order chi connectivity index (χ1) is 16.8. The maximum absolute atomic E-state index is 12.9. The normalized spacial score (nSPS) is 15.9. The molecule has 11 heteroatoms. The lowest BCUT2D eigenvalue weighted by Crippen LogP contribution is -2.41. The van der Waals surface area contributed by atoms with Gasteiger partial charge in [0.25, 0.3) is 5.91 Å². The number of carbonyl (C=O) groups is 2. The molecule has 1 aliphatic heterocycles. The summed E-state index contributed by atoms with van der Waals surface area (Å²) in [4.78, 5) is 35.9. The number of piperidine rings is 1. The molecule has 0 saturated carbocycles. The summed E-state index contributed by atoms with van der Waals surface area (Å²) in [7, 11) is 0. The van der Waals surface area contributed by atoms with Crippen molar-refractivity contribution in [2.45, 2.75) is 39.7 Å². The van der Waals surface area contributed by atoms with Gasteiger partial charge in [0, 0.05) is 24.8 Å². The second-order valence-corrected chi connectivity index (χ2v) is 9.47. The molecule has 0 aromatic carbocycles. The molecule has 0 spiro atoms. The molecule has 4 heterocycles. The van der Waals surface area contributed by atoms with E-state index in [1.165, 1.54) is 12.5 Å². The minimum absolute atomic E-state index is 0.0676. The molecule has 35 heavy (non-hydrogen) atoms. The number of rotatable bonds is 6. The van der Waals surface area contributed by atoms with Crippen LogP contribution in [0.2, 0.25) is 0 Å². The molecule has 11 nitrogen and oxygen atoms in total. The van der Waals surface area contributed by atoms with Crippen LogP contribution in [0, 0.1) is 5.41 Å². The second-order valence-electron chi connectivity index (χ2n) is 9.47. The van der Waals surface area contributed by atoms with E-state index in [1.54, 1.807) is 34.9 Å². The van der Waals surface area contributed by atoms with E-state index in [1.807, 2.05) is 11.8 Å².